The number of nitrogens with zero attached hydrogens (tertiary/aromatic N) is 4. The number of aliphatic hydroxyl groups is 8. The first kappa shape index (κ1) is 136. The SMILES string of the molecule is CC(C)C(O)=CC(O)C(C)C.CC(C)CC(O)=CC(O)CC(C)C.CC(O)=CC(C)O.CC(O)=CC(C)O.Cc1[c-]c(-c2ccc3[c]([Ge]([CH3])([CH3])[CH3])c[c]([Ge]([CH3])([CH3])[CH3])cc3n2)cc(C)c1.Cc1[c-]c(-c2ccc3[c]([Ge]([CH3])([CH3])[CH3])c[c]([Ge]([CH3])([CH3])[CH3])cc3n2)cc(C)c1.Cc1[c-]c(-c2ccc3[c]([Ge]([CH3])([CH3])[CH3])c[c]([Ge]([CH3])([CH3])[CH3])cc3n2)cc(C)c1.Cc1[c-]c(-c2ccc3c([Si](C)(C)C)cc(C)cc3n2)cc(C)c1.[Ir].[Ir].[Ir].[Ir]. The number of aromatic nitrogens is 4. The Bertz CT molecular complexity index is 5790. The van der Waals surface area contributed by atoms with Gasteiger partial charge in [0.1, 0.15) is 0 Å². The summed E-state index contributed by atoms with van der Waals surface area (Å²) in [6.45, 7) is 48.3. The molecule has 143 heavy (non-hydrogen) atoms. The van der Waals surface area contributed by atoms with Crippen molar-refractivity contribution in [3.63, 3.8) is 0 Å². The van der Waals surface area contributed by atoms with Crippen molar-refractivity contribution in [2.45, 2.75) is 306 Å². The van der Waals surface area contributed by atoms with Gasteiger partial charge in [0, 0.05) is 92.8 Å². The van der Waals surface area contributed by atoms with E-state index in [1.165, 1.54) is 120 Å². The van der Waals surface area contributed by atoms with Crippen LogP contribution in [0.2, 0.25) is 123 Å². The first-order chi connectivity index (χ1) is 63.7. The van der Waals surface area contributed by atoms with Crippen LogP contribution in [0.15, 0.2) is 193 Å². The molecule has 8 N–H and O–H groups in total. The zero-order chi connectivity index (χ0) is 106. The fraction of sp³-hybridized carbons (Fsp3) is 0.433. The van der Waals surface area contributed by atoms with Crippen LogP contribution in [0, 0.1) is 110 Å². The van der Waals surface area contributed by atoms with E-state index in [0.29, 0.717) is 30.4 Å². The molecule has 0 aliphatic rings. The Hall–Kier alpha value is -4.53. The number of allylic oxidation sites excluding steroid dienone is 4. The minimum atomic E-state index is -1.98. The summed E-state index contributed by atoms with van der Waals surface area (Å²) >= 11 is -11.7. The first-order valence-electron chi connectivity index (χ1n) is 49.8. The molecule has 4 radical (unpaired) electrons. The van der Waals surface area contributed by atoms with Gasteiger partial charge in [-0.1, -0.05) is 112 Å². The molecule has 4 aromatic heterocycles. The normalized spacial score (nSPS) is 13.1. The van der Waals surface area contributed by atoms with Crippen LogP contribution in [-0.4, -0.2) is 173 Å². The van der Waals surface area contributed by atoms with Crippen molar-refractivity contribution in [3.05, 3.63) is 267 Å². The predicted octanol–water partition coefficient (Wildman–Crippen LogP) is 28.0. The molecular weight excluding hydrogens is 2860 g/mol. The van der Waals surface area contributed by atoms with E-state index in [9.17, 15) is 20.4 Å². The van der Waals surface area contributed by atoms with Gasteiger partial charge >= 0.3 is 493 Å². The third kappa shape index (κ3) is 46.3. The Morgan fingerprint density at radius 1 is 0.329 bits per heavy atom. The molecule has 0 spiro atoms. The molecule has 12 aromatic rings. The fourth-order valence-corrected chi connectivity index (χ4v) is 37.0. The second-order valence-corrected chi connectivity index (χ2v) is 116. The summed E-state index contributed by atoms with van der Waals surface area (Å²) in [4.78, 5) is 20.3. The van der Waals surface area contributed by atoms with Crippen LogP contribution in [0.5, 0.6) is 0 Å². The maximum absolute atomic E-state index is 9.47. The molecule has 0 aliphatic carbocycles. The van der Waals surface area contributed by atoms with Crippen molar-refractivity contribution in [1.82, 2.24) is 19.9 Å². The van der Waals surface area contributed by atoms with Crippen LogP contribution in [0.3, 0.4) is 0 Å². The number of fused-ring (bicyclic) bond motifs is 4. The van der Waals surface area contributed by atoms with Crippen LogP contribution in [0.1, 0.15) is 146 Å². The van der Waals surface area contributed by atoms with Gasteiger partial charge in [0.05, 0.1) is 61.0 Å². The number of hydrogen-bond acceptors (Lipinski definition) is 12. The van der Waals surface area contributed by atoms with E-state index in [1.807, 2.05) is 41.5 Å². The summed E-state index contributed by atoms with van der Waals surface area (Å²) in [6.07, 6.45) is 5.04. The fourth-order valence-electron chi connectivity index (χ4n) is 16.1. The second-order valence-electron chi connectivity index (χ2n) is 47.2. The molecule has 12 nitrogen and oxygen atoms in total. The van der Waals surface area contributed by atoms with Crippen LogP contribution >= 0.6 is 0 Å². The van der Waals surface area contributed by atoms with Crippen molar-refractivity contribution in [1.29, 1.82) is 0 Å². The van der Waals surface area contributed by atoms with Crippen molar-refractivity contribution in [2.75, 3.05) is 0 Å². The van der Waals surface area contributed by atoms with Gasteiger partial charge in [-0.3, -0.25) is 4.98 Å². The summed E-state index contributed by atoms with van der Waals surface area (Å²) in [5, 5.41) is 78.1. The average Bonchev–Trinajstić information content (AvgIpc) is 0.766. The van der Waals surface area contributed by atoms with Crippen molar-refractivity contribution in [3.8, 4) is 45.0 Å². The van der Waals surface area contributed by atoms with E-state index in [0.717, 1.165) is 56.1 Å². The number of benzene rings is 8. The zero-order valence-corrected chi connectivity index (χ0v) is 118. The van der Waals surface area contributed by atoms with E-state index in [2.05, 4.69) is 369 Å². The van der Waals surface area contributed by atoms with E-state index in [1.54, 1.807) is 46.3 Å². The molecule has 4 atom stereocenters. The summed E-state index contributed by atoms with van der Waals surface area (Å²) in [7, 11) is -1.39. The molecule has 790 valence electrons. The number of hydrogen-bond donors (Lipinski definition) is 8. The van der Waals surface area contributed by atoms with Gasteiger partial charge in [-0.25, -0.2) is 0 Å². The Balaban J connectivity index is 0.000000846. The van der Waals surface area contributed by atoms with Gasteiger partial charge in [0.25, 0.3) is 0 Å². The first-order valence-corrected chi connectivity index (χ1v) is 97.4. The third-order valence-corrected chi connectivity index (χ3v) is 50.7. The predicted molar refractivity (Wildman–Crippen MR) is 626 cm³/mol. The van der Waals surface area contributed by atoms with Gasteiger partial charge in [-0.05, 0) is 106 Å². The molecule has 0 aliphatic heterocycles. The second kappa shape index (κ2) is 59.5. The Morgan fingerprint density at radius 3 is 0.804 bits per heavy atom. The van der Waals surface area contributed by atoms with Crippen LogP contribution in [0.4, 0.5) is 0 Å². The Morgan fingerprint density at radius 2 is 0.594 bits per heavy atom. The monoisotopic (exact) mass is 3040 g/mol. The van der Waals surface area contributed by atoms with Crippen LogP contribution in [0.25, 0.3) is 88.6 Å². The third-order valence-electron chi connectivity index (χ3n) is 23.2. The molecule has 0 saturated carbocycles. The minimum Gasteiger partial charge on any atom is -0.296 e. The molecule has 23 heteroatoms. The average molecular weight is 3030 g/mol. The molecule has 4 heterocycles. The van der Waals surface area contributed by atoms with Crippen molar-refractivity contribution < 1.29 is 121 Å². The maximum atomic E-state index is 9.47. The topological polar surface area (TPSA) is 213 Å². The van der Waals surface area contributed by atoms with E-state index >= 15 is 0 Å². The van der Waals surface area contributed by atoms with Crippen LogP contribution in [-0.2, 0) is 80.4 Å². The molecule has 0 amide bonds. The molecule has 4 unspecified atom stereocenters. The Labute approximate surface area is 935 Å². The quantitative estimate of drug-likeness (QED) is 0.0192. The maximum Gasteiger partial charge on any atom is 0.0784 e. The number of pyridine rings is 4. The summed E-state index contributed by atoms with van der Waals surface area (Å²) in [6, 6.07) is 68.4. The summed E-state index contributed by atoms with van der Waals surface area (Å²) < 4.78 is 9.51. The van der Waals surface area contributed by atoms with Crippen molar-refractivity contribution in [2.24, 2.45) is 23.7 Å². The zero-order valence-electron chi connectivity index (χ0n) is 94.4. The number of rotatable bonds is 21. The molecule has 0 saturated heterocycles. The largest absolute Gasteiger partial charge is 0.296 e. The summed E-state index contributed by atoms with van der Waals surface area (Å²) in [5.74, 6) is 46.7. The summed E-state index contributed by atoms with van der Waals surface area (Å²) in [5.41, 5.74) is 24.2. The van der Waals surface area contributed by atoms with Crippen molar-refractivity contribution >= 4 is 163 Å². The van der Waals surface area contributed by atoms with Gasteiger partial charge < -0.3 is 40.9 Å². The molecule has 12 rings (SSSR count). The van der Waals surface area contributed by atoms with Gasteiger partial charge in [0.15, 0.2) is 0 Å². The van der Waals surface area contributed by atoms with E-state index < -0.39 is 112 Å². The van der Waals surface area contributed by atoms with Gasteiger partial charge in [0.2, 0.25) is 0 Å². The molecule has 8 aromatic carbocycles. The van der Waals surface area contributed by atoms with Gasteiger partial charge in [-0.2, -0.15) is 0 Å². The number of aliphatic hydroxyl groups excluding tert-OH is 8. The molecular formula is C120H174Ge6Ir4N4O8Si-4. The number of aryl methyl sites for hydroxylation is 9. The van der Waals surface area contributed by atoms with Gasteiger partial charge in [-0.15, -0.1) is 34.9 Å². The van der Waals surface area contributed by atoms with E-state index in [-0.39, 0.29) is 110 Å². The standard InChI is InChI=1S/3C23H30Ge2N.C21H24NSi.C11H22O2.C9H18O2.2C5H10O2.4Ir/c3*1-16-11-17(2)13-18(12-16)22-10-9-20-21(25(6,7)8)14-19(24(3,4)5)15-23(20)26-22;1-14-9-15(2)11-17(10-14)19-8-7-18-20(22-19)12-16(3)13-21(18)23(4,5)6;1-8(2)5-10(12)7-11(13)6-9(3)4;1-6(2)8(10)5-9(11)7(3)4;2*1-4(6)3-5(2)7;;;;/h3*9-12,14-15H,1-8H3;7-10,12-13H,1-6H3;7-10,12-13H,5-6H2,1-4H3;5-8,10-11H,1-4H3;2*3-4,6-7H,1-2H3;;;;/q4*-1;;;;;;;;. The van der Waals surface area contributed by atoms with E-state index in [4.69, 9.17) is 40.4 Å². The minimum absolute atomic E-state index is 0. The molecule has 0 fully saturated rings. The Kier molecular flexibility index (Phi) is 56.8. The van der Waals surface area contributed by atoms with Crippen LogP contribution < -0.4 is 31.6 Å². The smallest absolute Gasteiger partial charge is 0.0784 e. The molecule has 0 bridgehead atoms.